The monoisotopic (exact) mass is 195 g/mol. The minimum atomic E-state index is -0.320. The number of rotatable bonds is 4. The van der Waals surface area contributed by atoms with Crippen molar-refractivity contribution in [3.05, 3.63) is 24.3 Å². The van der Waals surface area contributed by atoms with E-state index in [1.54, 1.807) is 13.8 Å². The van der Waals surface area contributed by atoms with Gasteiger partial charge < -0.3 is 0 Å². The molecular weight excluding hydrogens is 178 g/mol. The maximum atomic E-state index is 11.5. The predicted octanol–water partition coefficient (Wildman–Crippen LogP) is 1.90. The third-order valence-corrected chi connectivity index (χ3v) is 1.67. The van der Waals surface area contributed by atoms with Gasteiger partial charge in [0.25, 0.3) is 11.8 Å². The van der Waals surface area contributed by atoms with Crippen molar-refractivity contribution < 1.29 is 9.59 Å². The van der Waals surface area contributed by atoms with E-state index < -0.39 is 0 Å². The lowest BCUT2D eigenvalue weighted by atomic mass is 10.2. The van der Waals surface area contributed by atoms with Crippen LogP contribution in [0.25, 0.3) is 0 Å². The van der Waals surface area contributed by atoms with Crippen LogP contribution in [0.4, 0.5) is 0 Å². The van der Waals surface area contributed by atoms with Gasteiger partial charge in [-0.1, -0.05) is 20.1 Å². The molecule has 0 saturated carbocycles. The fourth-order valence-corrected chi connectivity index (χ4v) is 0.980. The topological polar surface area (TPSA) is 37.4 Å². The second-order valence-corrected chi connectivity index (χ2v) is 3.32. The van der Waals surface area contributed by atoms with Crippen LogP contribution in [0.15, 0.2) is 24.3 Å². The van der Waals surface area contributed by atoms with Crippen molar-refractivity contribution in [2.75, 3.05) is 6.54 Å². The Bertz CT molecular complexity index is 253. The van der Waals surface area contributed by atoms with Crippen LogP contribution in [0.3, 0.4) is 0 Å². The molecule has 0 bridgehead atoms. The van der Waals surface area contributed by atoms with Gasteiger partial charge in [-0.3, -0.25) is 14.5 Å². The number of carbonyl (C=O) groups excluding carboxylic acids is 2. The molecule has 0 aromatic carbocycles. The van der Waals surface area contributed by atoms with E-state index in [-0.39, 0.29) is 11.8 Å². The highest BCUT2D eigenvalue weighted by Crippen LogP contribution is 2.05. The van der Waals surface area contributed by atoms with Gasteiger partial charge in [0, 0.05) is 17.7 Å². The van der Waals surface area contributed by atoms with E-state index in [0.717, 1.165) is 6.42 Å². The summed E-state index contributed by atoms with van der Waals surface area (Å²) in [6.07, 6.45) is 0.734. The third-order valence-electron chi connectivity index (χ3n) is 1.67. The number of imide groups is 1. The number of amides is 2. The molecule has 0 aliphatic rings. The SMILES string of the molecule is C=C(C)C(=O)N(CCC)C(=O)C(=C)C. The zero-order valence-corrected chi connectivity index (χ0v) is 9.09. The van der Waals surface area contributed by atoms with Crippen LogP contribution in [-0.2, 0) is 9.59 Å². The molecule has 0 fully saturated rings. The first-order valence-corrected chi connectivity index (χ1v) is 4.59. The summed E-state index contributed by atoms with van der Waals surface area (Å²) in [4.78, 5) is 24.3. The highest BCUT2D eigenvalue weighted by atomic mass is 16.2. The van der Waals surface area contributed by atoms with Crippen LogP contribution in [0.2, 0.25) is 0 Å². The van der Waals surface area contributed by atoms with Crippen molar-refractivity contribution in [1.29, 1.82) is 0 Å². The second-order valence-electron chi connectivity index (χ2n) is 3.32. The molecule has 0 aliphatic heterocycles. The van der Waals surface area contributed by atoms with Crippen LogP contribution in [0, 0.1) is 0 Å². The lowest BCUT2D eigenvalue weighted by Crippen LogP contribution is -2.38. The summed E-state index contributed by atoms with van der Waals surface area (Å²) in [6, 6.07) is 0. The Kier molecular flexibility index (Phi) is 4.84. The van der Waals surface area contributed by atoms with Gasteiger partial charge in [0.15, 0.2) is 0 Å². The molecule has 0 saturated heterocycles. The fourth-order valence-electron chi connectivity index (χ4n) is 0.980. The molecule has 2 amide bonds. The summed E-state index contributed by atoms with van der Waals surface area (Å²) in [6.45, 7) is 12.6. The zero-order chi connectivity index (χ0) is 11.3. The van der Waals surface area contributed by atoms with Crippen LogP contribution in [-0.4, -0.2) is 23.3 Å². The van der Waals surface area contributed by atoms with Crippen LogP contribution >= 0.6 is 0 Å². The first kappa shape index (κ1) is 12.6. The molecule has 0 radical (unpaired) electrons. The van der Waals surface area contributed by atoms with E-state index in [1.165, 1.54) is 4.90 Å². The maximum Gasteiger partial charge on any atom is 0.255 e. The Balaban J connectivity index is 4.76. The van der Waals surface area contributed by atoms with Gasteiger partial charge in [0.2, 0.25) is 0 Å². The molecule has 0 heterocycles. The van der Waals surface area contributed by atoms with Crippen molar-refractivity contribution in [3.63, 3.8) is 0 Å². The first-order valence-electron chi connectivity index (χ1n) is 4.59. The summed E-state index contributed by atoms with van der Waals surface area (Å²) in [7, 11) is 0. The van der Waals surface area contributed by atoms with Gasteiger partial charge in [-0.15, -0.1) is 0 Å². The highest BCUT2D eigenvalue weighted by Gasteiger charge is 2.20. The Labute approximate surface area is 85.1 Å². The van der Waals surface area contributed by atoms with E-state index >= 15 is 0 Å². The second kappa shape index (κ2) is 5.37. The predicted molar refractivity (Wildman–Crippen MR) is 56.6 cm³/mol. The van der Waals surface area contributed by atoms with E-state index in [2.05, 4.69) is 13.2 Å². The standard InChI is InChI=1S/C11H17NO2/c1-6-7-12(10(13)8(2)3)11(14)9(4)5/h2,4,6-7H2,1,3,5H3. The highest BCUT2D eigenvalue weighted by molar-refractivity contribution is 6.08. The minimum Gasteiger partial charge on any atom is -0.275 e. The van der Waals surface area contributed by atoms with Crippen molar-refractivity contribution in [1.82, 2.24) is 4.90 Å². The van der Waals surface area contributed by atoms with Gasteiger partial charge in [0.1, 0.15) is 0 Å². The van der Waals surface area contributed by atoms with Crippen molar-refractivity contribution in [2.45, 2.75) is 27.2 Å². The Morgan fingerprint density at radius 2 is 1.43 bits per heavy atom. The number of hydrogen-bond donors (Lipinski definition) is 0. The van der Waals surface area contributed by atoms with Crippen LogP contribution < -0.4 is 0 Å². The third kappa shape index (κ3) is 3.17. The molecule has 0 atom stereocenters. The summed E-state index contributed by atoms with van der Waals surface area (Å²) in [5, 5.41) is 0. The fraction of sp³-hybridized carbons (Fsp3) is 0.455. The maximum absolute atomic E-state index is 11.5. The molecule has 0 spiro atoms. The molecule has 3 nitrogen and oxygen atoms in total. The molecule has 0 aromatic heterocycles. The molecule has 0 rings (SSSR count). The molecule has 3 heteroatoms. The molecule has 78 valence electrons. The Morgan fingerprint density at radius 3 is 1.64 bits per heavy atom. The number of hydrogen-bond acceptors (Lipinski definition) is 2. The molecular formula is C11H17NO2. The summed E-state index contributed by atoms with van der Waals surface area (Å²) >= 11 is 0. The van der Waals surface area contributed by atoms with Gasteiger partial charge in [-0.25, -0.2) is 0 Å². The number of carbonyl (C=O) groups is 2. The summed E-state index contributed by atoms with van der Waals surface area (Å²) in [5.41, 5.74) is 0.737. The van der Waals surface area contributed by atoms with Gasteiger partial charge in [-0.05, 0) is 20.3 Å². The van der Waals surface area contributed by atoms with E-state index in [0.29, 0.717) is 17.7 Å². The normalized spacial score (nSPS) is 9.36. The average Bonchev–Trinajstić information content (AvgIpc) is 2.11. The largest absolute Gasteiger partial charge is 0.275 e. The van der Waals surface area contributed by atoms with Gasteiger partial charge in [-0.2, -0.15) is 0 Å². The van der Waals surface area contributed by atoms with E-state index in [4.69, 9.17) is 0 Å². The van der Waals surface area contributed by atoms with Crippen LogP contribution in [0.5, 0.6) is 0 Å². The van der Waals surface area contributed by atoms with Crippen molar-refractivity contribution in [2.24, 2.45) is 0 Å². The van der Waals surface area contributed by atoms with Gasteiger partial charge >= 0.3 is 0 Å². The van der Waals surface area contributed by atoms with E-state index in [1.807, 2.05) is 6.92 Å². The van der Waals surface area contributed by atoms with Crippen LogP contribution in [0.1, 0.15) is 27.2 Å². The minimum absolute atomic E-state index is 0.320. The quantitative estimate of drug-likeness (QED) is 0.642. The number of nitrogens with zero attached hydrogens (tertiary/aromatic N) is 1. The van der Waals surface area contributed by atoms with Crippen molar-refractivity contribution >= 4 is 11.8 Å². The Morgan fingerprint density at radius 1 is 1.07 bits per heavy atom. The first-order chi connectivity index (χ1) is 6.41. The molecule has 0 aromatic rings. The molecule has 0 unspecified atom stereocenters. The lowest BCUT2D eigenvalue weighted by molar-refractivity contribution is -0.140. The van der Waals surface area contributed by atoms with Crippen molar-refractivity contribution in [3.8, 4) is 0 Å². The zero-order valence-electron chi connectivity index (χ0n) is 9.09. The lowest BCUT2D eigenvalue weighted by Gasteiger charge is -2.20. The molecule has 14 heavy (non-hydrogen) atoms. The molecule has 0 N–H and O–H groups in total. The van der Waals surface area contributed by atoms with E-state index in [9.17, 15) is 9.59 Å². The summed E-state index contributed by atoms with van der Waals surface area (Å²) < 4.78 is 0. The Hall–Kier alpha value is -1.38. The average molecular weight is 195 g/mol. The summed E-state index contributed by atoms with van der Waals surface area (Å²) in [5.74, 6) is -0.639. The van der Waals surface area contributed by atoms with Gasteiger partial charge in [0.05, 0.1) is 0 Å². The smallest absolute Gasteiger partial charge is 0.255 e. The molecule has 0 aliphatic carbocycles.